The van der Waals surface area contributed by atoms with E-state index in [0.29, 0.717) is 60.9 Å². The maximum atomic E-state index is 13.8. The number of hydrogen-bond acceptors (Lipinski definition) is 9. The molecule has 2 aromatic rings. The number of amides is 3. The molecule has 2 aliphatic heterocycles. The fourth-order valence-electron chi connectivity index (χ4n) is 5.35. The highest BCUT2D eigenvalue weighted by atomic mass is 19.4. The zero-order valence-corrected chi connectivity index (χ0v) is 26.6. The third-order valence-electron chi connectivity index (χ3n) is 8.16. The van der Waals surface area contributed by atoms with Crippen LogP contribution in [0.2, 0.25) is 0 Å². The molecule has 0 radical (unpaired) electrons. The van der Waals surface area contributed by atoms with Crippen LogP contribution in [0.15, 0.2) is 31.0 Å². The number of fused-ring (bicyclic) bond motifs is 1. The standard InChI is InChI=1S/C30H42F3N9O3/c1-8-26(43)35-22-15-23(25(45-7)16-24(22)40(6)14-13-38(3)4)36-28-34-17-20-18-41(19(2)30(31,32)33)29(44)42(27(20)37-28)21-9-11-39(5)12-10-21/h8,15-17,19,21H,1,9-14,18H2,2-7H3,(H,35,43)(H,34,36,37)/t19-/m0/s1. The number of anilines is 5. The number of aromatic nitrogens is 2. The van der Waals surface area contributed by atoms with Gasteiger partial charge in [0.25, 0.3) is 0 Å². The topological polar surface area (TPSA) is 109 Å². The number of nitrogens with one attached hydrogen (secondary N) is 2. The van der Waals surface area contributed by atoms with E-state index < -0.39 is 24.2 Å². The lowest BCUT2D eigenvalue weighted by molar-refractivity contribution is -0.172. The summed E-state index contributed by atoms with van der Waals surface area (Å²) in [4.78, 5) is 43.5. The maximum Gasteiger partial charge on any atom is 0.408 e. The second-order valence-corrected chi connectivity index (χ2v) is 11.7. The number of carbonyl (C=O) groups excluding carboxylic acids is 2. The molecular weight excluding hydrogens is 591 g/mol. The van der Waals surface area contributed by atoms with Gasteiger partial charge in [-0.15, -0.1) is 0 Å². The Bertz CT molecular complexity index is 1400. The van der Waals surface area contributed by atoms with E-state index in [4.69, 9.17) is 4.74 Å². The quantitative estimate of drug-likeness (QED) is 0.353. The summed E-state index contributed by atoms with van der Waals surface area (Å²) in [6.45, 7) is 7.09. The third-order valence-corrected chi connectivity index (χ3v) is 8.16. The van der Waals surface area contributed by atoms with Gasteiger partial charge in [0.15, 0.2) is 0 Å². The number of ether oxygens (including phenoxy) is 1. The van der Waals surface area contributed by atoms with Crippen LogP contribution in [-0.2, 0) is 11.3 Å². The van der Waals surface area contributed by atoms with E-state index in [2.05, 4.69) is 32.1 Å². The average Bonchev–Trinajstić information content (AvgIpc) is 2.99. The van der Waals surface area contributed by atoms with Crippen molar-refractivity contribution in [3.63, 3.8) is 0 Å². The van der Waals surface area contributed by atoms with E-state index in [1.165, 1.54) is 24.3 Å². The molecule has 3 heterocycles. The van der Waals surface area contributed by atoms with Crippen LogP contribution < -0.4 is 25.2 Å². The minimum absolute atomic E-state index is 0.116. The Morgan fingerprint density at radius 3 is 2.49 bits per heavy atom. The molecule has 15 heteroatoms. The molecule has 0 unspecified atom stereocenters. The van der Waals surface area contributed by atoms with Crippen LogP contribution in [-0.4, -0.2) is 116 Å². The van der Waals surface area contributed by atoms with Gasteiger partial charge >= 0.3 is 12.2 Å². The van der Waals surface area contributed by atoms with Gasteiger partial charge in [0.2, 0.25) is 11.9 Å². The summed E-state index contributed by atoms with van der Waals surface area (Å²) in [6.07, 6.45) is -0.788. The number of carbonyl (C=O) groups is 2. The second kappa shape index (κ2) is 13.9. The van der Waals surface area contributed by atoms with Gasteiger partial charge in [-0.3, -0.25) is 9.69 Å². The molecule has 0 spiro atoms. The number of likely N-dealkylation sites (N-methyl/N-ethyl adjacent to an activating group) is 2. The van der Waals surface area contributed by atoms with Crippen LogP contribution >= 0.6 is 0 Å². The largest absolute Gasteiger partial charge is 0.494 e. The second-order valence-electron chi connectivity index (χ2n) is 11.7. The fourth-order valence-corrected chi connectivity index (χ4v) is 5.35. The summed E-state index contributed by atoms with van der Waals surface area (Å²) in [6, 6.07) is 0.429. The molecule has 2 aliphatic rings. The van der Waals surface area contributed by atoms with Gasteiger partial charge in [0.05, 0.1) is 30.7 Å². The van der Waals surface area contributed by atoms with Crippen LogP contribution in [0, 0.1) is 0 Å². The average molecular weight is 634 g/mol. The summed E-state index contributed by atoms with van der Waals surface area (Å²) >= 11 is 0. The van der Waals surface area contributed by atoms with Crippen molar-refractivity contribution in [1.29, 1.82) is 0 Å². The number of likely N-dealkylation sites (tertiary alicyclic amines) is 1. The third kappa shape index (κ3) is 7.76. The number of benzene rings is 1. The SMILES string of the molecule is C=CC(=O)Nc1cc(Nc2ncc3c(n2)N(C2CCN(C)CC2)C(=O)N([C@@H](C)C(F)(F)F)C3)c(OC)cc1N(C)CCN(C)C. The zero-order valence-electron chi connectivity index (χ0n) is 26.6. The molecule has 246 valence electrons. The molecule has 1 saturated heterocycles. The number of alkyl halides is 3. The molecule has 1 fully saturated rings. The minimum atomic E-state index is -4.59. The van der Waals surface area contributed by atoms with Crippen LogP contribution in [0.25, 0.3) is 0 Å². The highest BCUT2D eigenvalue weighted by molar-refractivity contribution is 6.02. The molecule has 0 aliphatic carbocycles. The van der Waals surface area contributed by atoms with Crippen LogP contribution in [0.1, 0.15) is 25.3 Å². The molecule has 2 N–H and O–H groups in total. The summed E-state index contributed by atoms with van der Waals surface area (Å²) in [5.41, 5.74) is 2.04. The first-order valence-electron chi connectivity index (χ1n) is 14.7. The molecular formula is C30H42F3N9O3. The summed E-state index contributed by atoms with van der Waals surface area (Å²) in [5.74, 6) is 0.429. The number of rotatable bonds is 11. The van der Waals surface area contributed by atoms with Crippen molar-refractivity contribution in [1.82, 2.24) is 24.7 Å². The lowest BCUT2D eigenvalue weighted by Gasteiger charge is -2.44. The van der Waals surface area contributed by atoms with Crippen LogP contribution in [0.3, 0.4) is 0 Å². The smallest absolute Gasteiger partial charge is 0.408 e. The van der Waals surface area contributed by atoms with Crippen LogP contribution in [0.4, 0.5) is 46.8 Å². The normalized spacial score (nSPS) is 16.8. The molecule has 3 amide bonds. The van der Waals surface area contributed by atoms with Crippen molar-refractivity contribution in [3.8, 4) is 5.75 Å². The predicted molar refractivity (Wildman–Crippen MR) is 168 cm³/mol. The molecule has 45 heavy (non-hydrogen) atoms. The lowest BCUT2D eigenvalue weighted by atomic mass is 10.0. The van der Waals surface area contributed by atoms with E-state index >= 15 is 0 Å². The number of halogens is 3. The molecule has 0 bridgehead atoms. The number of methoxy groups -OCH3 is 1. The van der Waals surface area contributed by atoms with Crippen molar-refractivity contribution in [2.24, 2.45) is 0 Å². The van der Waals surface area contributed by atoms with Crippen molar-refractivity contribution in [3.05, 3.63) is 36.5 Å². The van der Waals surface area contributed by atoms with E-state index in [1.54, 1.807) is 12.1 Å². The van der Waals surface area contributed by atoms with Gasteiger partial charge < -0.3 is 35.0 Å². The fraction of sp³-hybridized carbons (Fsp3) is 0.533. The Morgan fingerprint density at radius 1 is 1.20 bits per heavy atom. The Hall–Kier alpha value is -4.11. The lowest BCUT2D eigenvalue weighted by Crippen LogP contribution is -2.59. The van der Waals surface area contributed by atoms with Gasteiger partial charge in [0, 0.05) is 44.0 Å². The number of nitrogens with zero attached hydrogens (tertiary/aromatic N) is 7. The summed E-state index contributed by atoms with van der Waals surface area (Å²) in [5, 5.41) is 5.97. The summed E-state index contributed by atoms with van der Waals surface area (Å²) in [7, 11) is 9.32. The highest BCUT2D eigenvalue weighted by Crippen LogP contribution is 2.40. The van der Waals surface area contributed by atoms with E-state index in [9.17, 15) is 22.8 Å². The van der Waals surface area contributed by atoms with Gasteiger partial charge in [-0.1, -0.05) is 6.58 Å². The van der Waals surface area contributed by atoms with Crippen molar-refractivity contribution in [2.45, 2.75) is 44.6 Å². The number of hydrogen-bond donors (Lipinski definition) is 2. The van der Waals surface area contributed by atoms with Crippen LogP contribution in [0.5, 0.6) is 5.75 Å². The molecule has 1 aromatic heterocycles. The highest BCUT2D eigenvalue weighted by Gasteiger charge is 2.47. The van der Waals surface area contributed by atoms with Crippen molar-refractivity contribution in [2.75, 3.05) is 81.9 Å². The Labute approximate surface area is 261 Å². The molecule has 4 rings (SSSR count). The molecule has 1 aromatic carbocycles. The Kier molecular flexibility index (Phi) is 10.4. The van der Waals surface area contributed by atoms with Crippen molar-refractivity contribution >= 4 is 40.8 Å². The maximum absolute atomic E-state index is 13.8. The molecule has 1 atom stereocenters. The number of piperidine rings is 1. The number of urea groups is 1. The first-order chi connectivity index (χ1) is 21.2. The predicted octanol–water partition coefficient (Wildman–Crippen LogP) is 4.14. The van der Waals surface area contributed by atoms with E-state index in [-0.39, 0.29) is 24.4 Å². The first kappa shape index (κ1) is 33.8. The minimum Gasteiger partial charge on any atom is -0.494 e. The first-order valence-corrected chi connectivity index (χ1v) is 14.7. The zero-order chi connectivity index (χ0) is 33.1. The van der Waals surface area contributed by atoms with E-state index in [0.717, 1.165) is 18.4 Å². The van der Waals surface area contributed by atoms with E-state index in [1.807, 2.05) is 38.0 Å². The van der Waals surface area contributed by atoms with Gasteiger partial charge in [0.1, 0.15) is 17.6 Å². The Balaban J connectivity index is 1.73. The van der Waals surface area contributed by atoms with Gasteiger partial charge in [-0.25, -0.2) is 9.78 Å². The molecule has 0 saturated carbocycles. The van der Waals surface area contributed by atoms with Gasteiger partial charge in [-0.05, 0) is 66.1 Å². The Morgan fingerprint density at radius 2 is 1.89 bits per heavy atom. The monoisotopic (exact) mass is 633 g/mol. The summed E-state index contributed by atoms with van der Waals surface area (Å²) < 4.78 is 47.0. The van der Waals surface area contributed by atoms with Crippen molar-refractivity contribution < 1.29 is 27.5 Å². The van der Waals surface area contributed by atoms with Gasteiger partial charge in [-0.2, -0.15) is 18.2 Å². The molecule has 12 nitrogen and oxygen atoms in total.